The van der Waals surface area contributed by atoms with Crippen LogP contribution in [0.25, 0.3) is 10.9 Å². The molecule has 3 heterocycles. The van der Waals surface area contributed by atoms with E-state index in [2.05, 4.69) is 16.9 Å². The van der Waals surface area contributed by atoms with Gasteiger partial charge in [-0.15, -0.1) is 6.58 Å². The number of nitrogens with one attached hydrogen (secondary N) is 2. The smallest absolute Gasteiger partial charge is 0.332 e. The molecule has 0 radical (unpaired) electrons. The van der Waals surface area contributed by atoms with Gasteiger partial charge < -0.3 is 15.2 Å². The molecule has 0 spiro atoms. The average Bonchev–Trinajstić information content (AvgIpc) is 3.26. The van der Waals surface area contributed by atoms with Crippen LogP contribution in [-0.2, 0) is 16.8 Å². The van der Waals surface area contributed by atoms with Gasteiger partial charge in [0.2, 0.25) is 0 Å². The quantitative estimate of drug-likeness (QED) is 0.507. The van der Waals surface area contributed by atoms with Gasteiger partial charge in [-0.2, -0.15) is 0 Å². The normalized spacial score (nSPS) is 20.0. The van der Waals surface area contributed by atoms with E-state index in [-0.39, 0.29) is 29.6 Å². The molecule has 0 unspecified atom stereocenters. The van der Waals surface area contributed by atoms with Crippen molar-refractivity contribution in [1.82, 2.24) is 15.2 Å². The van der Waals surface area contributed by atoms with Gasteiger partial charge in [-0.05, 0) is 37.1 Å². The summed E-state index contributed by atoms with van der Waals surface area (Å²) >= 11 is 0. The summed E-state index contributed by atoms with van der Waals surface area (Å²) in [5, 5.41) is 3.79. The van der Waals surface area contributed by atoms with Gasteiger partial charge in [-0.1, -0.05) is 36.4 Å². The van der Waals surface area contributed by atoms with Crippen molar-refractivity contribution in [3.8, 4) is 0 Å². The maximum absolute atomic E-state index is 13.8. The maximum atomic E-state index is 13.8. The lowest BCUT2D eigenvalue weighted by atomic mass is 9.87. The van der Waals surface area contributed by atoms with Gasteiger partial charge in [-0.25, -0.2) is 9.69 Å². The summed E-state index contributed by atoms with van der Waals surface area (Å²) in [6.07, 6.45) is 2.23. The Kier molecular flexibility index (Phi) is 4.22. The Morgan fingerprint density at radius 3 is 2.74 bits per heavy atom. The van der Waals surface area contributed by atoms with Gasteiger partial charge in [0.1, 0.15) is 0 Å². The van der Waals surface area contributed by atoms with Crippen LogP contribution < -0.4 is 10.2 Å². The van der Waals surface area contributed by atoms with Crippen molar-refractivity contribution in [3.63, 3.8) is 0 Å². The Morgan fingerprint density at radius 1 is 1.19 bits per heavy atom. The van der Waals surface area contributed by atoms with E-state index < -0.39 is 11.6 Å². The second kappa shape index (κ2) is 6.84. The number of hydrogen-bond donors (Lipinski definition) is 2. The molecule has 1 fully saturated rings. The number of amides is 4. The third-order valence-electron chi connectivity index (χ3n) is 6.26. The molecule has 156 valence electrons. The molecule has 2 aromatic carbocycles. The first kappa shape index (κ1) is 19.1. The number of H-pyrrole nitrogens is 1. The number of carbonyl (C=O) groups is 3. The molecule has 0 aliphatic carbocycles. The number of para-hydroxylation sites is 2. The molecule has 1 saturated heterocycles. The van der Waals surface area contributed by atoms with E-state index in [4.69, 9.17) is 0 Å². The molecule has 0 saturated carbocycles. The molecule has 1 aromatic heterocycles. The summed E-state index contributed by atoms with van der Waals surface area (Å²) in [6, 6.07) is 14.2. The number of aromatic nitrogens is 1. The number of carbonyl (C=O) groups excluding carboxylic acids is 3. The first-order valence-corrected chi connectivity index (χ1v) is 10.2. The number of hydrogen-bond acceptors (Lipinski definition) is 3. The molecule has 4 amide bonds. The van der Waals surface area contributed by atoms with Crippen molar-refractivity contribution >= 4 is 34.4 Å². The van der Waals surface area contributed by atoms with Crippen LogP contribution in [0.5, 0.6) is 0 Å². The fraction of sp³-hybridized carbons (Fsp3) is 0.208. The van der Waals surface area contributed by atoms with Gasteiger partial charge >= 0.3 is 6.03 Å². The van der Waals surface area contributed by atoms with Crippen molar-refractivity contribution in [3.05, 3.63) is 78.0 Å². The van der Waals surface area contributed by atoms with Crippen LogP contribution in [0.1, 0.15) is 28.5 Å². The summed E-state index contributed by atoms with van der Waals surface area (Å²) in [6.45, 7) is 6.10. The van der Waals surface area contributed by atoms with E-state index in [1.165, 1.54) is 0 Å². The molecular weight excluding hydrogens is 392 g/mol. The van der Waals surface area contributed by atoms with Gasteiger partial charge in [0.25, 0.3) is 11.8 Å². The van der Waals surface area contributed by atoms with E-state index in [1.807, 2.05) is 24.3 Å². The molecule has 3 aromatic rings. The second-order valence-corrected chi connectivity index (χ2v) is 7.94. The number of imide groups is 1. The van der Waals surface area contributed by atoms with Gasteiger partial charge in [-0.3, -0.25) is 9.59 Å². The summed E-state index contributed by atoms with van der Waals surface area (Å²) in [5.74, 6) is -0.730. The predicted molar refractivity (Wildman–Crippen MR) is 118 cm³/mol. The summed E-state index contributed by atoms with van der Waals surface area (Å²) in [7, 11) is 0. The second-order valence-electron chi connectivity index (χ2n) is 7.94. The highest BCUT2D eigenvalue weighted by Gasteiger charge is 2.59. The maximum Gasteiger partial charge on any atom is 0.332 e. The Labute approximate surface area is 179 Å². The topological polar surface area (TPSA) is 85.5 Å². The Bertz CT molecular complexity index is 1260. The minimum Gasteiger partial charge on any atom is -0.356 e. The summed E-state index contributed by atoms with van der Waals surface area (Å²) in [4.78, 5) is 46.0. The van der Waals surface area contributed by atoms with Crippen molar-refractivity contribution in [2.45, 2.75) is 18.9 Å². The zero-order valence-corrected chi connectivity index (χ0v) is 17.1. The lowest BCUT2D eigenvalue weighted by molar-refractivity contribution is -0.125. The third-order valence-corrected chi connectivity index (χ3v) is 6.26. The van der Waals surface area contributed by atoms with Crippen molar-refractivity contribution in [2.24, 2.45) is 0 Å². The molecule has 5 rings (SSSR count). The molecule has 0 bridgehead atoms. The van der Waals surface area contributed by atoms with E-state index in [1.54, 1.807) is 42.2 Å². The van der Waals surface area contributed by atoms with Crippen molar-refractivity contribution in [2.75, 3.05) is 18.0 Å². The number of aromatic amines is 1. The first-order valence-electron chi connectivity index (χ1n) is 10.2. The first-order chi connectivity index (χ1) is 15.0. The van der Waals surface area contributed by atoms with Crippen LogP contribution in [0.2, 0.25) is 0 Å². The van der Waals surface area contributed by atoms with E-state index in [0.717, 1.165) is 27.1 Å². The molecule has 31 heavy (non-hydrogen) atoms. The number of fused-ring (bicyclic) bond motifs is 5. The van der Waals surface area contributed by atoms with Gasteiger partial charge in [0, 0.05) is 24.0 Å². The molecule has 2 N–H and O–H groups in total. The van der Waals surface area contributed by atoms with E-state index in [9.17, 15) is 14.4 Å². The minimum atomic E-state index is -1.16. The van der Waals surface area contributed by atoms with Crippen molar-refractivity contribution in [1.29, 1.82) is 0 Å². The summed E-state index contributed by atoms with van der Waals surface area (Å²) < 4.78 is 0. The molecule has 2 aliphatic heterocycles. The van der Waals surface area contributed by atoms with Crippen LogP contribution in [0, 0.1) is 0 Å². The summed E-state index contributed by atoms with van der Waals surface area (Å²) in [5.41, 5.74) is 2.15. The van der Waals surface area contributed by atoms with Crippen molar-refractivity contribution < 1.29 is 14.4 Å². The lowest BCUT2D eigenvalue weighted by Gasteiger charge is -2.35. The van der Waals surface area contributed by atoms with Crippen LogP contribution in [0.15, 0.2) is 61.2 Å². The van der Waals surface area contributed by atoms with Crippen LogP contribution in [-0.4, -0.2) is 40.8 Å². The monoisotopic (exact) mass is 414 g/mol. The fourth-order valence-electron chi connectivity index (χ4n) is 4.73. The SMILES string of the molecule is C=CCNC(=O)c1ccccc1N1C(=O)N2CCc3c([nH]c4ccccc34)[C@@]2(C)C1=O. The van der Waals surface area contributed by atoms with E-state index >= 15 is 0 Å². The van der Waals surface area contributed by atoms with Crippen LogP contribution >= 0.6 is 0 Å². The number of benzene rings is 2. The average molecular weight is 414 g/mol. The minimum absolute atomic E-state index is 0.270. The molecule has 2 aliphatic rings. The largest absolute Gasteiger partial charge is 0.356 e. The zero-order valence-electron chi connectivity index (χ0n) is 17.1. The predicted octanol–water partition coefficient (Wildman–Crippen LogP) is 3.32. The zero-order chi connectivity index (χ0) is 21.8. The van der Waals surface area contributed by atoms with Gasteiger partial charge in [0.05, 0.1) is 16.9 Å². The Morgan fingerprint density at radius 2 is 1.94 bits per heavy atom. The molecule has 1 atom stereocenters. The molecule has 7 heteroatoms. The highest BCUT2D eigenvalue weighted by molar-refractivity contribution is 6.25. The number of rotatable bonds is 4. The number of urea groups is 1. The number of anilines is 1. The number of nitrogens with zero attached hydrogens (tertiary/aromatic N) is 2. The van der Waals surface area contributed by atoms with E-state index in [0.29, 0.717) is 13.0 Å². The Hall–Kier alpha value is -3.87. The fourth-order valence-corrected chi connectivity index (χ4v) is 4.73. The van der Waals surface area contributed by atoms with Gasteiger partial charge in [0.15, 0.2) is 5.54 Å². The third kappa shape index (κ3) is 2.56. The highest BCUT2D eigenvalue weighted by Crippen LogP contribution is 2.45. The molecule has 7 nitrogen and oxygen atoms in total. The standard InChI is InChI=1S/C24H22N4O3/c1-3-13-25-21(29)17-9-5-7-11-19(17)28-22(30)24(2)20-16(12-14-27(24)23(28)31)15-8-4-6-10-18(15)26-20/h3-11,26H,1,12-14H2,2H3,(H,25,29)/t24-/m0/s1. The van der Waals surface area contributed by atoms with Crippen LogP contribution in [0.4, 0.5) is 10.5 Å². The lowest BCUT2D eigenvalue weighted by Crippen LogP contribution is -2.49. The van der Waals surface area contributed by atoms with Crippen LogP contribution in [0.3, 0.4) is 0 Å². The highest BCUT2D eigenvalue weighted by atomic mass is 16.2. The Balaban J connectivity index is 1.63. The molecular formula is C24H22N4O3.